The molecular formula is C23H27ClF2N4O6. The van der Waals surface area contributed by atoms with Gasteiger partial charge in [0.2, 0.25) is 11.7 Å². The molecule has 2 aliphatic rings. The number of nitrogens with one attached hydrogen (secondary N) is 4. The summed E-state index contributed by atoms with van der Waals surface area (Å²) in [5, 5.41) is 9.85. The van der Waals surface area contributed by atoms with Crippen LogP contribution in [0.25, 0.3) is 0 Å². The Bertz CT molecular complexity index is 1070. The number of likely N-dealkylation sites (N-methyl/N-ethyl adjacent to an activating group) is 1. The highest BCUT2D eigenvalue weighted by Crippen LogP contribution is 2.36. The first kappa shape index (κ1) is 27.3. The van der Waals surface area contributed by atoms with E-state index in [2.05, 4.69) is 21.3 Å². The second-order valence-corrected chi connectivity index (χ2v) is 9.42. The maximum atomic E-state index is 13.4. The van der Waals surface area contributed by atoms with E-state index < -0.39 is 60.5 Å². The molecule has 1 aliphatic carbocycles. The quantitative estimate of drug-likeness (QED) is 0.382. The lowest BCUT2D eigenvalue weighted by Crippen LogP contribution is -2.48. The fraction of sp³-hybridized carbons (Fsp3) is 0.522. The van der Waals surface area contributed by atoms with Gasteiger partial charge in [-0.1, -0.05) is 11.6 Å². The molecule has 1 saturated carbocycles. The molecule has 13 heteroatoms. The molecule has 0 bridgehead atoms. The van der Waals surface area contributed by atoms with Crippen LogP contribution in [0.15, 0.2) is 18.2 Å². The van der Waals surface area contributed by atoms with Gasteiger partial charge in [0.25, 0.3) is 17.7 Å². The second-order valence-electron chi connectivity index (χ2n) is 8.99. The molecule has 3 rings (SSSR count). The maximum Gasteiger partial charge on any atom is 0.411 e. The van der Waals surface area contributed by atoms with E-state index in [0.29, 0.717) is 6.42 Å². The zero-order valence-corrected chi connectivity index (χ0v) is 20.4. The minimum absolute atomic E-state index is 0.00499. The van der Waals surface area contributed by atoms with Crippen LogP contribution < -0.4 is 21.3 Å². The maximum absolute atomic E-state index is 13.4. The highest BCUT2D eigenvalue weighted by molar-refractivity contribution is 6.38. The van der Waals surface area contributed by atoms with E-state index in [9.17, 15) is 32.8 Å². The van der Waals surface area contributed by atoms with Crippen molar-refractivity contribution in [3.63, 3.8) is 0 Å². The summed E-state index contributed by atoms with van der Waals surface area (Å²) in [5.41, 5.74) is -0.208. The van der Waals surface area contributed by atoms with Gasteiger partial charge in [0.1, 0.15) is 6.10 Å². The first-order valence-electron chi connectivity index (χ1n) is 11.4. The van der Waals surface area contributed by atoms with E-state index in [1.54, 1.807) is 6.92 Å². The van der Waals surface area contributed by atoms with Gasteiger partial charge in [0.15, 0.2) is 0 Å². The van der Waals surface area contributed by atoms with Gasteiger partial charge in [-0.2, -0.15) is 0 Å². The van der Waals surface area contributed by atoms with Crippen molar-refractivity contribution in [3.05, 3.63) is 28.8 Å². The lowest BCUT2D eigenvalue weighted by molar-refractivity contribution is -0.139. The second kappa shape index (κ2) is 11.2. The third-order valence-corrected chi connectivity index (χ3v) is 6.32. The van der Waals surface area contributed by atoms with Gasteiger partial charge < -0.3 is 20.7 Å². The Kier molecular flexibility index (Phi) is 8.49. The SMILES string of the molecule is CNC(=O)C(=O)[C@H](C[C@@H]1C[C@@H](C)NC1=O)NC(=O)c1cc(Cl)ccc1NC(=O)OC1CCC(F)(F)C1. The van der Waals surface area contributed by atoms with Gasteiger partial charge in [-0.25, -0.2) is 13.6 Å². The number of amides is 4. The molecule has 1 heterocycles. The average Bonchev–Trinajstić information content (AvgIpc) is 3.31. The molecule has 0 aromatic heterocycles. The van der Waals surface area contributed by atoms with Crippen LogP contribution in [-0.2, 0) is 19.1 Å². The normalized spacial score (nSPS) is 23.4. The number of benzene rings is 1. The van der Waals surface area contributed by atoms with E-state index in [-0.39, 0.29) is 41.1 Å². The van der Waals surface area contributed by atoms with Gasteiger partial charge in [-0.05, 0) is 44.4 Å². The van der Waals surface area contributed by atoms with Crippen LogP contribution in [-0.4, -0.2) is 60.8 Å². The Morgan fingerprint density at radius 3 is 2.58 bits per heavy atom. The van der Waals surface area contributed by atoms with Crippen molar-refractivity contribution in [1.82, 2.24) is 16.0 Å². The number of rotatable bonds is 8. The number of carbonyl (C=O) groups is 5. The van der Waals surface area contributed by atoms with Gasteiger partial charge in [-0.15, -0.1) is 0 Å². The van der Waals surface area contributed by atoms with Crippen LogP contribution in [0.5, 0.6) is 0 Å². The van der Waals surface area contributed by atoms with Crippen molar-refractivity contribution in [1.29, 1.82) is 0 Å². The molecule has 1 aromatic carbocycles. The minimum Gasteiger partial charge on any atom is -0.446 e. The summed E-state index contributed by atoms with van der Waals surface area (Å²) in [6, 6.07) is 2.46. The fourth-order valence-electron chi connectivity index (χ4n) is 4.30. The predicted molar refractivity (Wildman–Crippen MR) is 125 cm³/mol. The van der Waals surface area contributed by atoms with Gasteiger partial charge in [0.05, 0.1) is 17.3 Å². The van der Waals surface area contributed by atoms with Crippen LogP contribution >= 0.6 is 11.6 Å². The molecule has 1 aliphatic heterocycles. The number of alkyl halides is 2. The number of hydrogen-bond acceptors (Lipinski definition) is 6. The Morgan fingerprint density at radius 2 is 2.00 bits per heavy atom. The van der Waals surface area contributed by atoms with Crippen molar-refractivity contribution >= 4 is 46.9 Å². The molecule has 10 nitrogen and oxygen atoms in total. The number of ketones is 1. The van der Waals surface area contributed by atoms with Gasteiger partial charge in [0, 0.05) is 36.9 Å². The monoisotopic (exact) mass is 528 g/mol. The predicted octanol–water partition coefficient (Wildman–Crippen LogP) is 2.40. The van der Waals surface area contributed by atoms with Crippen LogP contribution in [0.4, 0.5) is 19.3 Å². The first-order chi connectivity index (χ1) is 16.9. The molecular weight excluding hydrogens is 502 g/mol. The van der Waals surface area contributed by atoms with Crippen molar-refractivity contribution < 1.29 is 37.5 Å². The lowest BCUT2D eigenvalue weighted by Gasteiger charge is -2.20. The highest BCUT2D eigenvalue weighted by atomic mass is 35.5. The summed E-state index contributed by atoms with van der Waals surface area (Å²) >= 11 is 6.02. The number of halogens is 3. The van der Waals surface area contributed by atoms with E-state index >= 15 is 0 Å². The lowest BCUT2D eigenvalue weighted by atomic mass is 9.93. The largest absolute Gasteiger partial charge is 0.446 e. The van der Waals surface area contributed by atoms with E-state index in [1.807, 2.05) is 0 Å². The summed E-state index contributed by atoms with van der Waals surface area (Å²) in [7, 11) is 1.26. The first-order valence-corrected chi connectivity index (χ1v) is 11.8. The van der Waals surface area contributed by atoms with Crippen molar-refractivity contribution in [2.24, 2.45) is 5.92 Å². The standard InChI is InChI=1S/C23H27ClF2N4O6/c1-11-7-12(19(32)28-11)8-17(18(31)21(34)27-2)29-20(33)15-9-13(24)3-4-16(15)30-22(35)36-14-5-6-23(25,26)10-14/h3-4,9,11-12,14,17H,5-8,10H2,1-2H3,(H,27,34)(H,28,32)(H,29,33)(H,30,35)/t11-,12+,14?,17+/m1/s1. The summed E-state index contributed by atoms with van der Waals surface area (Å²) in [6.07, 6.45) is -2.69. The number of carbonyl (C=O) groups excluding carboxylic acids is 5. The Labute approximate surface area is 210 Å². The van der Waals surface area contributed by atoms with Crippen LogP contribution in [0.2, 0.25) is 5.02 Å². The van der Waals surface area contributed by atoms with E-state index in [0.717, 1.165) is 0 Å². The topological polar surface area (TPSA) is 143 Å². The van der Waals surface area contributed by atoms with Gasteiger partial charge >= 0.3 is 6.09 Å². The number of ether oxygens (including phenoxy) is 1. The smallest absolute Gasteiger partial charge is 0.411 e. The Hall–Kier alpha value is -3.28. The molecule has 0 spiro atoms. The number of Topliss-reactive ketones (excluding diaryl/α,β-unsaturated/α-hetero) is 1. The summed E-state index contributed by atoms with van der Waals surface area (Å²) in [5.74, 6) is -6.55. The van der Waals surface area contributed by atoms with Gasteiger partial charge in [-0.3, -0.25) is 24.5 Å². The van der Waals surface area contributed by atoms with E-state index in [1.165, 1.54) is 25.2 Å². The highest BCUT2D eigenvalue weighted by Gasteiger charge is 2.41. The molecule has 1 unspecified atom stereocenters. The third kappa shape index (κ3) is 6.90. The number of hydrogen-bond donors (Lipinski definition) is 4. The van der Waals surface area contributed by atoms with Crippen molar-refractivity contribution in [2.75, 3.05) is 12.4 Å². The molecule has 4 atom stereocenters. The molecule has 0 radical (unpaired) electrons. The van der Waals surface area contributed by atoms with Crippen LogP contribution in [0.3, 0.4) is 0 Å². The molecule has 1 saturated heterocycles. The fourth-order valence-corrected chi connectivity index (χ4v) is 4.48. The molecule has 4 amide bonds. The zero-order valence-electron chi connectivity index (χ0n) is 19.7. The van der Waals surface area contributed by atoms with Crippen molar-refractivity contribution in [3.8, 4) is 0 Å². The minimum atomic E-state index is -2.91. The molecule has 4 N–H and O–H groups in total. The summed E-state index contributed by atoms with van der Waals surface area (Å²) in [4.78, 5) is 62.3. The molecule has 2 fully saturated rings. The van der Waals surface area contributed by atoms with Crippen LogP contribution in [0, 0.1) is 5.92 Å². The Balaban J connectivity index is 1.76. The third-order valence-electron chi connectivity index (χ3n) is 6.09. The Morgan fingerprint density at radius 1 is 1.28 bits per heavy atom. The van der Waals surface area contributed by atoms with E-state index in [4.69, 9.17) is 16.3 Å². The summed E-state index contributed by atoms with van der Waals surface area (Å²) < 4.78 is 31.8. The zero-order chi connectivity index (χ0) is 26.6. The molecule has 1 aromatic rings. The molecule has 196 valence electrons. The van der Waals surface area contributed by atoms with Crippen molar-refractivity contribution in [2.45, 2.75) is 63.1 Å². The summed E-state index contributed by atoms with van der Waals surface area (Å²) in [6.45, 7) is 1.79. The average molecular weight is 529 g/mol. The van der Waals surface area contributed by atoms with Crippen LogP contribution in [0.1, 0.15) is 49.4 Å². The molecule has 36 heavy (non-hydrogen) atoms. The number of anilines is 1.